The Morgan fingerprint density at radius 3 is 2.83 bits per heavy atom. The molecule has 0 radical (unpaired) electrons. The van der Waals surface area contributed by atoms with Gasteiger partial charge in [-0.1, -0.05) is 18.2 Å². The maximum atomic E-state index is 11.2. The first-order valence-corrected chi connectivity index (χ1v) is 8.07. The zero-order valence-corrected chi connectivity index (χ0v) is 13.2. The maximum Gasteiger partial charge on any atom is 0.417 e. The summed E-state index contributed by atoms with van der Waals surface area (Å²) in [5.74, 6) is -0.431. The molecule has 0 spiro atoms. The van der Waals surface area contributed by atoms with E-state index in [-0.39, 0.29) is 0 Å². The highest BCUT2D eigenvalue weighted by Crippen LogP contribution is 2.23. The second-order valence-electron chi connectivity index (χ2n) is 5.81. The molecule has 124 valence electrons. The van der Waals surface area contributed by atoms with Crippen molar-refractivity contribution in [1.29, 1.82) is 0 Å². The Hall–Kier alpha value is -2.73. The second kappa shape index (κ2) is 6.41. The maximum absolute atomic E-state index is 11.2. The fraction of sp³-hybridized carbons (Fsp3) is 0.278. The molecular weight excluding hydrogens is 306 g/mol. The first-order chi connectivity index (χ1) is 11.8. The Kier molecular flexibility index (Phi) is 3.96. The van der Waals surface area contributed by atoms with Gasteiger partial charge in [0.2, 0.25) is 0 Å². The second-order valence-corrected chi connectivity index (χ2v) is 5.81. The van der Waals surface area contributed by atoms with Crippen molar-refractivity contribution < 1.29 is 9.15 Å². The molecule has 1 fully saturated rings. The van der Waals surface area contributed by atoms with Crippen LogP contribution in [0.1, 0.15) is 5.56 Å². The van der Waals surface area contributed by atoms with Crippen molar-refractivity contribution in [3.63, 3.8) is 0 Å². The summed E-state index contributed by atoms with van der Waals surface area (Å²) in [5, 5.41) is 3.42. The number of hydrogen-bond acceptors (Lipinski definition) is 5. The van der Waals surface area contributed by atoms with Gasteiger partial charge in [0.15, 0.2) is 5.58 Å². The minimum atomic E-state index is -0.431. The van der Waals surface area contributed by atoms with Gasteiger partial charge in [0.05, 0.1) is 18.7 Å². The smallest absolute Gasteiger partial charge is 0.408 e. The molecule has 1 aromatic heterocycles. The molecule has 3 aromatic rings. The quantitative estimate of drug-likeness (QED) is 0.771. The number of benzene rings is 2. The highest BCUT2D eigenvalue weighted by atomic mass is 16.5. The molecule has 24 heavy (non-hydrogen) atoms. The third-order valence-corrected chi connectivity index (χ3v) is 4.25. The summed E-state index contributed by atoms with van der Waals surface area (Å²) in [6, 6.07) is 14.0. The number of nitrogens with zero attached hydrogens (tertiary/aromatic N) is 1. The molecular formula is C18H19N3O3. The van der Waals surface area contributed by atoms with Gasteiger partial charge in [-0.3, -0.25) is 4.98 Å². The van der Waals surface area contributed by atoms with Gasteiger partial charge in [-0.15, -0.1) is 0 Å². The van der Waals surface area contributed by atoms with Crippen molar-refractivity contribution in [2.24, 2.45) is 0 Å². The van der Waals surface area contributed by atoms with Gasteiger partial charge in [0.25, 0.3) is 0 Å². The normalized spacial score (nSPS) is 14.9. The number of nitrogens with one attached hydrogen (secondary N) is 2. The van der Waals surface area contributed by atoms with Crippen LogP contribution in [0, 0.1) is 0 Å². The highest BCUT2D eigenvalue weighted by Gasteiger charge is 2.14. The molecule has 2 aromatic carbocycles. The van der Waals surface area contributed by atoms with E-state index in [1.807, 2.05) is 12.1 Å². The van der Waals surface area contributed by atoms with Crippen LogP contribution < -0.4 is 16.0 Å². The van der Waals surface area contributed by atoms with Crippen LogP contribution in [0.2, 0.25) is 0 Å². The van der Waals surface area contributed by atoms with E-state index in [4.69, 9.17) is 9.15 Å². The summed E-state index contributed by atoms with van der Waals surface area (Å²) in [4.78, 5) is 16.3. The van der Waals surface area contributed by atoms with E-state index >= 15 is 0 Å². The van der Waals surface area contributed by atoms with E-state index in [0.29, 0.717) is 17.6 Å². The van der Waals surface area contributed by atoms with Crippen molar-refractivity contribution in [2.75, 3.05) is 36.5 Å². The van der Waals surface area contributed by atoms with E-state index in [9.17, 15) is 4.79 Å². The van der Waals surface area contributed by atoms with Gasteiger partial charge in [-0.05, 0) is 29.8 Å². The molecule has 0 amide bonds. The lowest BCUT2D eigenvalue weighted by Crippen LogP contribution is -2.36. The van der Waals surface area contributed by atoms with Crippen LogP contribution in [-0.2, 0) is 11.3 Å². The van der Waals surface area contributed by atoms with Crippen molar-refractivity contribution in [3.8, 4) is 0 Å². The molecule has 0 saturated carbocycles. The van der Waals surface area contributed by atoms with Crippen LogP contribution in [0.15, 0.2) is 51.7 Å². The molecule has 2 N–H and O–H groups in total. The van der Waals surface area contributed by atoms with E-state index in [0.717, 1.165) is 32.0 Å². The first kappa shape index (κ1) is 14.8. The number of oxazole rings is 1. The lowest BCUT2D eigenvalue weighted by molar-refractivity contribution is 0.122. The SMILES string of the molecule is O=c1[nH]c2cc(NCc3ccccc3N3CCOCC3)ccc2o1. The number of anilines is 2. The molecule has 6 nitrogen and oxygen atoms in total. The molecule has 0 bridgehead atoms. The molecule has 4 rings (SSSR count). The largest absolute Gasteiger partial charge is 0.417 e. The first-order valence-electron chi connectivity index (χ1n) is 8.07. The molecule has 0 aliphatic carbocycles. The van der Waals surface area contributed by atoms with Gasteiger partial charge in [0.1, 0.15) is 0 Å². The molecule has 1 saturated heterocycles. The Bertz CT molecular complexity index is 894. The van der Waals surface area contributed by atoms with Crippen molar-refractivity contribution in [1.82, 2.24) is 4.98 Å². The third kappa shape index (κ3) is 3.00. The molecule has 1 aliphatic heterocycles. The summed E-state index contributed by atoms with van der Waals surface area (Å²) >= 11 is 0. The van der Waals surface area contributed by atoms with Crippen LogP contribution >= 0.6 is 0 Å². The predicted molar refractivity (Wildman–Crippen MR) is 93.6 cm³/mol. The van der Waals surface area contributed by atoms with Gasteiger partial charge < -0.3 is 19.4 Å². The zero-order valence-electron chi connectivity index (χ0n) is 13.2. The number of hydrogen-bond donors (Lipinski definition) is 2. The predicted octanol–water partition coefficient (Wildman–Crippen LogP) is 2.57. The fourth-order valence-electron chi connectivity index (χ4n) is 3.03. The van der Waals surface area contributed by atoms with Gasteiger partial charge >= 0.3 is 5.76 Å². The number of rotatable bonds is 4. The van der Waals surface area contributed by atoms with Crippen LogP contribution in [0.3, 0.4) is 0 Å². The molecule has 6 heteroatoms. The Balaban J connectivity index is 1.53. The standard InChI is InChI=1S/C18H19N3O3/c22-18-20-15-11-14(5-6-17(15)24-18)19-12-13-3-1-2-4-16(13)21-7-9-23-10-8-21/h1-6,11,19H,7-10,12H2,(H,20,22). The summed E-state index contributed by atoms with van der Waals surface area (Å²) < 4.78 is 10.5. The van der Waals surface area contributed by atoms with E-state index in [2.05, 4.69) is 39.5 Å². The molecule has 1 aliphatic rings. The van der Waals surface area contributed by atoms with Crippen LogP contribution in [0.5, 0.6) is 0 Å². The lowest BCUT2D eigenvalue weighted by atomic mass is 10.1. The van der Waals surface area contributed by atoms with Gasteiger partial charge in [-0.2, -0.15) is 0 Å². The van der Waals surface area contributed by atoms with Crippen molar-refractivity contribution in [3.05, 3.63) is 58.6 Å². The monoisotopic (exact) mass is 325 g/mol. The number of aromatic nitrogens is 1. The highest BCUT2D eigenvalue weighted by molar-refractivity contribution is 5.76. The minimum Gasteiger partial charge on any atom is -0.408 e. The Morgan fingerprint density at radius 1 is 1.12 bits per heavy atom. The third-order valence-electron chi connectivity index (χ3n) is 4.25. The van der Waals surface area contributed by atoms with Gasteiger partial charge in [0, 0.05) is 31.0 Å². The van der Waals surface area contributed by atoms with E-state index in [1.54, 1.807) is 6.07 Å². The molecule has 2 heterocycles. The van der Waals surface area contributed by atoms with Crippen molar-refractivity contribution in [2.45, 2.75) is 6.54 Å². The van der Waals surface area contributed by atoms with Crippen LogP contribution in [0.25, 0.3) is 11.1 Å². The fourth-order valence-corrected chi connectivity index (χ4v) is 3.03. The molecule has 0 unspecified atom stereocenters. The van der Waals surface area contributed by atoms with Crippen molar-refractivity contribution >= 4 is 22.5 Å². The number of para-hydroxylation sites is 1. The van der Waals surface area contributed by atoms with Gasteiger partial charge in [-0.25, -0.2) is 4.79 Å². The number of fused-ring (bicyclic) bond motifs is 1. The number of H-pyrrole nitrogens is 1. The Labute approximate surface area is 139 Å². The summed E-state index contributed by atoms with van der Waals surface area (Å²) in [7, 11) is 0. The Morgan fingerprint density at radius 2 is 1.96 bits per heavy atom. The summed E-state index contributed by atoms with van der Waals surface area (Å²) in [5.41, 5.74) is 4.69. The molecule has 0 atom stereocenters. The van der Waals surface area contributed by atoms with E-state index in [1.165, 1.54) is 11.3 Å². The zero-order chi connectivity index (χ0) is 16.4. The lowest BCUT2D eigenvalue weighted by Gasteiger charge is -2.30. The minimum absolute atomic E-state index is 0.431. The summed E-state index contributed by atoms with van der Waals surface area (Å²) in [6.07, 6.45) is 0. The van der Waals surface area contributed by atoms with E-state index < -0.39 is 5.76 Å². The number of aromatic amines is 1. The topological polar surface area (TPSA) is 70.5 Å². The van der Waals surface area contributed by atoms with Crippen LogP contribution in [-0.4, -0.2) is 31.3 Å². The van der Waals surface area contributed by atoms with Crippen LogP contribution in [0.4, 0.5) is 11.4 Å². The average Bonchev–Trinajstić information content (AvgIpc) is 3.00. The number of morpholine rings is 1. The number of ether oxygens (including phenoxy) is 1. The average molecular weight is 325 g/mol. The summed E-state index contributed by atoms with van der Waals surface area (Å²) in [6.45, 7) is 4.08.